The molecule has 4 nitrogen and oxygen atoms in total. The van der Waals surface area contributed by atoms with Crippen molar-refractivity contribution in [2.75, 3.05) is 19.0 Å². The molecule has 0 aliphatic heterocycles. The third-order valence-corrected chi connectivity index (χ3v) is 6.05. The van der Waals surface area contributed by atoms with Gasteiger partial charge in [-0.05, 0) is 49.4 Å². The van der Waals surface area contributed by atoms with Crippen LogP contribution in [0.1, 0.15) is 28.2 Å². The monoisotopic (exact) mass is 417 g/mol. The molecule has 2 aromatic heterocycles. The Hall–Kier alpha value is -2.76. The van der Waals surface area contributed by atoms with Crippen LogP contribution in [-0.2, 0) is 17.8 Å². The molecule has 1 N–H and O–H groups in total. The first kappa shape index (κ1) is 20.5. The normalized spacial score (nSPS) is 11.2. The number of benzene rings is 2. The molecule has 4 rings (SSSR count). The Bertz CT molecular complexity index is 1120. The Morgan fingerprint density at radius 3 is 2.33 bits per heavy atom. The van der Waals surface area contributed by atoms with Crippen molar-refractivity contribution in [1.29, 1.82) is 0 Å². The van der Waals surface area contributed by atoms with Crippen molar-refractivity contribution < 1.29 is 4.74 Å². The molecule has 0 amide bonds. The lowest BCUT2D eigenvalue weighted by atomic mass is 10.0. The molecule has 0 aliphatic rings. The third-order valence-electron chi connectivity index (χ3n) is 5.11. The Kier molecular flexibility index (Phi) is 6.41. The van der Waals surface area contributed by atoms with Gasteiger partial charge in [0.2, 0.25) is 0 Å². The van der Waals surface area contributed by atoms with Crippen LogP contribution in [0.4, 0.5) is 5.82 Å². The largest absolute Gasteiger partial charge is 0.377 e. The van der Waals surface area contributed by atoms with E-state index in [1.807, 2.05) is 0 Å². The van der Waals surface area contributed by atoms with Crippen LogP contribution >= 0.6 is 11.3 Å². The van der Waals surface area contributed by atoms with Crippen LogP contribution in [0.5, 0.6) is 0 Å². The summed E-state index contributed by atoms with van der Waals surface area (Å²) in [5.74, 6) is 1.63. The van der Waals surface area contributed by atoms with Crippen molar-refractivity contribution in [3.8, 4) is 11.1 Å². The highest BCUT2D eigenvalue weighted by Crippen LogP contribution is 2.28. The van der Waals surface area contributed by atoms with Gasteiger partial charge in [0.1, 0.15) is 17.3 Å². The number of aryl methyl sites for hydroxylation is 3. The number of thiophene rings is 1. The van der Waals surface area contributed by atoms with Crippen LogP contribution in [0.2, 0.25) is 0 Å². The predicted octanol–water partition coefficient (Wildman–Crippen LogP) is 6.17. The van der Waals surface area contributed by atoms with E-state index < -0.39 is 0 Å². The van der Waals surface area contributed by atoms with Crippen LogP contribution in [0.15, 0.2) is 54.6 Å². The van der Waals surface area contributed by atoms with Crippen molar-refractivity contribution in [2.24, 2.45) is 0 Å². The van der Waals surface area contributed by atoms with Crippen molar-refractivity contribution in [3.63, 3.8) is 0 Å². The summed E-state index contributed by atoms with van der Waals surface area (Å²) in [5.41, 5.74) is 5.17. The van der Waals surface area contributed by atoms with Gasteiger partial charge in [0.25, 0.3) is 0 Å². The smallest absolute Gasteiger partial charge is 0.158 e. The molecule has 0 spiro atoms. The van der Waals surface area contributed by atoms with Crippen LogP contribution < -0.4 is 5.32 Å². The van der Waals surface area contributed by atoms with E-state index >= 15 is 0 Å². The SMILES string of the molecule is COCc1nc(NCCCc2ccc(-c3ccc(C)cc3)cc2)c2cc(C)sc2n1. The van der Waals surface area contributed by atoms with E-state index in [0.29, 0.717) is 6.61 Å². The number of aromatic nitrogens is 2. The number of anilines is 1. The molecule has 0 saturated carbocycles. The van der Waals surface area contributed by atoms with Crippen molar-refractivity contribution in [2.45, 2.75) is 33.3 Å². The molecule has 4 aromatic rings. The highest BCUT2D eigenvalue weighted by molar-refractivity contribution is 7.18. The average Bonchev–Trinajstić information content (AvgIpc) is 3.13. The summed E-state index contributed by atoms with van der Waals surface area (Å²) in [7, 11) is 1.67. The number of rotatable bonds is 8. The van der Waals surface area contributed by atoms with Gasteiger partial charge in [0, 0.05) is 18.5 Å². The molecular weight excluding hydrogens is 390 g/mol. The first-order chi connectivity index (χ1) is 14.6. The highest BCUT2D eigenvalue weighted by atomic mass is 32.1. The Balaban J connectivity index is 1.36. The summed E-state index contributed by atoms with van der Waals surface area (Å²) in [6, 6.07) is 19.7. The number of ether oxygens (including phenoxy) is 1. The molecular formula is C25H27N3OS. The number of hydrogen-bond acceptors (Lipinski definition) is 5. The third kappa shape index (κ3) is 4.86. The van der Waals surface area contributed by atoms with E-state index in [2.05, 4.69) is 83.7 Å². The summed E-state index contributed by atoms with van der Waals surface area (Å²) in [5, 5.41) is 4.61. The number of methoxy groups -OCH3 is 1. The molecule has 0 radical (unpaired) electrons. The van der Waals surface area contributed by atoms with Gasteiger partial charge >= 0.3 is 0 Å². The maximum atomic E-state index is 5.22. The standard InChI is InChI=1S/C25H27N3OS/c1-17-6-10-20(11-7-17)21-12-8-19(9-13-21)5-4-14-26-24-22-15-18(2)30-25(22)28-23(27-24)16-29-3/h6-13,15H,4-5,14,16H2,1-3H3,(H,26,27,28). The maximum Gasteiger partial charge on any atom is 0.158 e. The van der Waals surface area contributed by atoms with E-state index in [4.69, 9.17) is 4.74 Å². The molecule has 0 fully saturated rings. The molecule has 154 valence electrons. The molecule has 0 saturated heterocycles. The van der Waals surface area contributed by atoms with Crippen LogP contribution in [0.25, 0.3) is 21.3 Å². The van der Waals surface area contributed by atoms with E-state index in [-0.39, 0.29) is 0 Å². The Labute approximate surface area is 182 Å². The lowest BCUT2D eigenvalue weighted by molar-refractivity contribution is 0.178. The molecule has 0 bridgehead atoms. The molecule has 0 aliphatic carbocycles. The van der Waals surface area contributed by atoms with Gasteiger partial charge in [-0.2, -0.15) is 0 Å². The molecule has 5 heteroatoms. The van der Waals surface area contributed by atoms with E-state index in [0.717, 1.165) is 41.2 Å². The average molecular weight is 418 g/mol. The number of hydrogen-bond donors (Lipinski definition) is 1. The minimum atomic E-state index is 0.425. The second kappa shape index (κ2) is 9.37. The zero-order valence-corrected chi connectivity index (χ0v) is 18.6. The summed E-state index contributed by atoms with van der Waals surface area (Å²) < 4.78 is 5.22. The molecule has 30 heavy (non-hydrogen) atoms. The minimum absolute atomic E-state index is 0.425. The van der Waals surface area contributed by atoms with Gasteiger partial charge in [-0.3, -0.25) is 0 Å². The second-order valence-electron chi connectivity index (χ2n) is 7.59. The van der Waals surface area contributed by atoms with Gasteiger partial charge in [0.15, 0.2) is 5.82 Å². The van der Waals surface area contributed by atoms with Crippen LogP contribution in [-0.4, -0.2) is 23.6 Å². The van der Waals surface area contributed by atoms with Gasteiger partial charge in [-0.1, -0.05) is 54.1 Å². The Morgan fingerprint density at radius 1 is 0.933 bits per heavy atom. The fraction of sp³-hybridized carbons (Fsp3) is 0.280. The van der Waals surface area contributed by atoms with Crippen LogP contribution in [0.3, 0.4) is 0 Å². The number of fused-ring (bicyclic) bond motifs is 1. The fourth-order valence-electron chi connectivity index (χ4n) is 3.52. The molecule has 2 aromatic carbocycles. The van der Waals surface area contributed by atoms with Crippen LogP contribution in [0, 0.1) is 13.8 Å². The van der Waals surface area contributed by atoms with Gasteiger partial charge < -0.3 is 10.1 Å². The van der Waals surface area contributed by atoms with Gasteiger partial charge in [0.05, 0.1) is 5.39 Å². The topological polar surface area (TPSA) is 47.0 Å². The lowest BCUT2D eigenvalue weighted by Gasteiger charge is -2.09. The van der Waals surface area contributed by atoms with Crippen molar-refractivity contribution >= 4 is 27.4 Å². The number of nitrogens with one attached hydrogen (secondary N) is 1. The molecule has 2 heterocycles. The number of nitrogens with zero attached hydrogens (tertiary/aromatic N) is 2. The zero-order chi connectivity index (χ0) is 20.9. The van der Waals surface area contributed by atoms with Gasteiger partial charge in [-0.25, -0.2) is 9.97 Å². The molecule has 0 unspecified atom stereocenters. The first-order valence-corrected chi connectivity index (χ1v) is 11.1. The van der Waals surface area contributed by atoms with E-state index in [1.165, 1.54) is 27.1 Å². The van der Waals surface area contributed by atoms with E-state index in [1.54, 1.807) is 18.4 Å². The zero-order valence-electron chi connectivity index (χ0n) is 17.7. The summed E-state index contributed by atoms with van der Waals surface area (Å²) >= 11 is 1.70. The minimum Gasteiger partial charge on any atom is -0.377 e. The quantitative estimate of drug-likeness (QED) is 0.348. The van der Waals surface area contributed by atoms with E-state index in [9.17, 15) is 0 Å². The second-order valence-corrected chi connectivity index (χ2v) is 8.83. The highest BCUT2D eigenvalue weighted by Gasteiger charge is 2.10. The fourth-order valence-corrected chi connectivity index (χ4v) is 4.42. The summed E-state index contributed by atoms with van der Waals surface area (Å²) in [6.45, 7) is 5.51. The summed E-state index contributed by atoms with van der Waals surface area (Å²) in [6.07, 6.45) is 2.07. The van der Waals surface area contributed by atoms with Crippen molar-refractivity contribution in [3.05, 3.63) is 76.4 Å². The van der Waals surface area contributed by atoms with Crippen molar-refractivity contribution in [1.82, 2.24) is 9.97 Å². The first-order valence-electron chi connectivity index (χ1n) is 10.3. The predicted molar refractivity (Wildman–Crippen MR) is 126 cm³/mol. The lowest BCUT2D eigenvalue weighted by Crippen LogP contribution is -2.07. The maximum absolute atomic E-state index is 5.22. The van der Waals surface area contributed by atoms with Gasteiger partial charge in [-0.15, -0.1) is 11.3 Å². The summed E-state index contributed by atoms with van der Waals surface area (Å²) in [4.78, 5) is 11.5. The Morgan fingerprint density at radius 2 is 1.63 bits per heavy atom. The molecule has 0 atom stereocenters.